The van der Waals surface area contributed by atoms with Crippen LogP contribution in [0.1, 0.15) is 47.4 Å². The zero-order valence-electron chi connectivity index (χ0n) is 36.0. The number of benzene rings is 8. The van der Waals surface area contributed by atoms with Crippen LogP contribution in [0.4, 0.5) is 28.4 Å². The number of furan rings is 2. The number of fused-ring (bicyclic) bond motifs is 9. The zero-order valence-corrected chi connectivity index (χ0v) is 36.0. The van der Waals surface area contributed by atoms with Gasteiger partial charge >= 0.3 is 0 Å². The molecular formula is C60H46N2O2. The lowest BCUT2D eigenvalue weighted by Crippen LogP contribution is -2.18. The SMILES string of the molecule is Cc1ccc(N(C2=CC=C(c3ccccc3)CC2)c2cc3oc4cc(N(c5ccc(C)cc5)c5ccc(C6C=CC=CC6)cc5)c5oc6ccccc6c5c4c3c3ccccc23)cc1. The van der Waals surface area contributed by atoms with Gasteiger partial charge in [0, 0.05) is 67.7 Å². The van der Waals surface area contributed by atoms with E-state index in [1.807, 2.05) is 0 Å². The van der Waals surface area contributed by atoms with E-state index in [1.165, 1.54) is 33.5 Å². The van der Waals surface area contributed by atoms with Gasteiger partial charge in [-0.1, -0.05) is 151 Å². The van der Waals surface area contributed by atoms with Crippen LogP contribution >= 0.6 is 0 Å². The summed E-state index contributed by atoms with van der Waals surface area (Å²) in [7, 11) is 0. The van der Waals surface area contributed by atoms with Gasteiger partial charge in [0.25, 0.3) is 0 Å². The number of anilines is 5. The van der Waals surface area contributed by atoms with Gasteiger partial charge < -0.3 is 18.6 Å². The van der Waals surface area contributed by atoms with E-state index < -0.39 is 0 Å². The molecule has 0 N–H and O–H groups in total. The van der Waals surface area contributed by atoms with Gasteiger partial charge in [-0.15, -0.1) is 0 Å². The zero-order chi connectivity index (χ0) is 42.7. The lowest BCUT2D eigenvalue weighted by molar-refractivity contribution is 0.663. The maximum absolute atomic E-state index is 7.23. The van der Waals surface area contributed by atoms with Crippen molar-refractivity contribution in [2.24, 2.45) is 0 Å². The Balaban J connectivity index is 1.11. The van der Waals surface area contributed by atoms with Gasteiger partial charge in [0.1, 0.15) is 16.7 Å². The van der Waals surface area contributed by atoms with Crippen molar-refractivity contribution < 1.29 is 8.83 Å². The number of nitrogens with zero attached hydrogens (tertiary/aromatic N) is 2. The number of hydrogen-bond acceptors (Lipinski definition) is 4. The molecule has 0 aliphatic heterocycles. The van der Waals surface area contributed by atoms with Crippen LogP contribution in [0, 0.1) is 13.8 Å². The van der Waals surface area contributed by atoms with Crippen molar-refractivity contribution in [1.82, 2.24) is 0 Å². The Morgan fingerprint density at radius 1 is 0.484 bits per heavy atom. The van der Waals surface area contributed by atoms with E-state index in [2.05, 4.69) is 224 Å². The molecule has 2 aliphatic rings. The molecule has 0 spiro atoms. The molecule has 1 atom stereocenters. The molecule has 0 bridgehead atoms. The van der Waals surface area contributed by atoms with Gasteiger partial charge in [-0.2, -0.15) is 0 Å². The van der Waals surface area contributed by atoms with E-state index in [-0.39, 0.29) is 0 Å². The molecule has 0 saturated carbocycles. The maximum Gasteiger partial charge on any atom is 0.160 e. The molecule has 0 radical (unpaired) electrons. The summed E-state index contributed by atoms with van der Waals surface area (Å²) < 4.78 is 14.3. The minimum absolute atomic E-state index is 0.361. The van der Waals surface area contributed by atoms with Crippen molar-refractivity contribution in [3.8, 4) is 0 Å². The Bertz CT molecular complexity index is 3530. The van der Waals surface area contributed by atoms with Crippen LogP contribution in [0.2, 0.25) is 0 Å². The molecule has 10 aromatic rings. The molecular weight excluding hydrogens is 781 g/mol. The van der Waals surface area contributed by atoms with E-state index in [0.717, 1.165) is 102 Å². The largest absolute Gasteiger partial charge is 0.456 e. The first kappa shape index (κ1) is 37.9. The summed E-state index contributed by atoms with van der Waals surface area (Å²) in [5.41, 5.74) is 16.1. The van der Waals surface area contributed by atoms with Gasteiger partial charge in [-0.05, 0) is 104 Å². The van der Waals surface area contributed by atoms with Crippen molar-refractivity contribution in [3.05, 3.63) is 228 Å². The standard InChI is InChI=1S/C60H46N2O2/c1-39-21-29-45(30-22-39)61(47-33-25-43(26-34-47)41-13-5-3-6-14-41)52-37-55-57(50-18-10-9-17-49(50)52)59-56(63-55)38-53(60-58(59)51-19-11-12-20-54(51)64-60)62(46-31-23-40(2)24-32-46)48-35-27-44(28-36-48)42-15-7-4-8-16-42/h3-15,17-25,27-33,35-38,42H,16,26,34H2,1-2H3. The van der Waals surface area contributed by atoms with Crippen molar-refractivity contribution >= 4 is 88.7 Å². The molecule has 64 heavy (non-hydrogen) atoms. The van der Waals surface area contributed by atoms with Gasteiger partial charge in [-0.25, -0.2) is 0 Å². The first-order valence-corrected chi connectivity index (χ1v) is 22.4. The fraction of sp³-hybridized carbons (Fsp3) is 0.100. The van der Waals surface area contributed by atoms with Crippen LogP contribution in [-0.2, 0) is 0 Å². The highest BCUT2D eigenvalue weighted by Crippen LogP contribution is 2.51. The summed E-state index contributed by atoms with van der Waals surface area (Å²) in [5.74, 6) is 0.361. The third-order valence-corrected chi connectivity index (χ3v) is 13.2. The Hall–Kier alpha value is -7.82. The number of para-hydroxylation sites is 1. The first-order valence-electron chi connectivity index (χ1n) is 22.4. The fourth-order valence-corrected chi connectivity index (χ4v) is 10.0. The third-order valence-electron chi connectivity index (χ3n) is 13.2. The molecule has 12 rings (SSSR count). The summed E-state index contributed by atoms with van der Waals surface area (Å²) >= 11 is 0. The number of allylic oxidation sites excluding steroid dienone is 8. The molecule has 0 fully saturated rings. The second-order valence-corrected chi connectivity index (χ2v) is 17.3. The van der Waals surface area contributed by atoms with Gasteiger partial charge in [0.15, 0.2) is 5.58 Å². The topological polar surface area (TPSA) is 32.8 Å². The van der Waals surface area contributed by atoms with Gasteiger partial charge in [0.05, 0.1) is 11.4 Å². The highest BCUT2D eigenvalue weighted by Gasteiger charge is 2.28. The minimum Gasteiger partial charge on any atom is -0.456 e. The molecule has 2 aromatic heterocycles. The minimum atomic E-state index is 0.361. The Morgan fingerprint density at radius 2 is 1.11 bits per heavy atom. The molecule has 4 heteroatoms. The fourth-order valence-electron chi connectivity index (χ4n) is 10.0. The van der Waals surface area contributed by atoms with Crippen molar-refractivity contribution in [2.45, 2.75) is 39.0 Å². The van der Waals surface area contributed by atoms with Crippen LogP contribution < -0.4 is 9.80 Å². The van der Waals surface area contributed by atoms with Gasteiger partial charge in [-0.3, -0.25) is 0 Å². The maximum atomic E-state index is 7.23. The van der Waals surface area contributed by atoms with E-state index in [0.29, 0.717) is 5.92 Å². The van der Waals surface area contributed by atoms with Gasteiger partial charge in [0.2, 0.25) is 0 Å². The molecule has 0 amide bonds. The average Bonchev–Trinajstić information content (AvgIpc) is 3.92. The van der Waals surface area contributed by atoms with Crippen molar-refractivity contribution in [3.63, 3.8) is 0 Å². The Kier molecular flexibility index (Phi) is 9.19. The van der Waals surface area contributed by atoms with Crippen LogP contribution in [0.5, 0.6) is 0 Å². The summed E-state index contributed by atoms with van der Waals surface area (Å²) in [6.45, 7) is 4.28. The monoisotopic (exact) mass is 826 g/mol. The summed E-state index contributed by atoms with van der Waals surface area (Å²) in [5, 5.41) is 6.56. The molecule has 0 saturated heterocycles. The van der Waals surface area contributed by atoms with Crippen LogP contribution in [-0.4, -0.2) is 0 Å². The molecule has 2 aliphatic carbocycles. The van der Waals surface area contributed by atoms with E-state index in [9.17, 15) is 0 Å². The normalized spacial score (nSPS) is 15.1. The molecule has 1 unspecified atom stereocenters. The summed E-state index contributed by atoms with van der Waals surface area (Å²) in [4.78, 5) is 4.77. The molecule has 2 heterocycles. The smallest absolute Gasteiger partial charge is 0.160 e. The van der Waals surface area contributed by atoms with Crippen molar-refractivity contribution in [2.75, 3.05) is 9.80 Å². The second kappa shape index (κ2) is 15.5. The predicted octanol–water partition coefficient (Wildman–Crippen LogP) is 17.2. The summed E-state index contributed by atoms with van der Waals surface area (Å²) in [6.07, 6.45) is 16.3. The van der Waals surface area contributed by atoms with E-state index >= 15 is 0 Å². The number of rotatable bonds is 8. The van der Waals surface area contributed by atoms with Crippen molar-refractivity contribution in [1.29, 1.82) is 0 Å². The quantitative estimate of drug-likeness (QED) is 0.153. The Morgan fingerprint density at radius 3 is 1.80 bits per heavy atom. The number of hydrogen-bond donors (Lipinski definition) is 0. The second-order valence-electron chi connectivity index (χ2n) is 17.3. The van der Waals surface area contributed by atoms with Crippen LogP contribution in [0.25, 0.3) is 60.2 Å². The van der Waals surface area contributed by atoms with Crippen LogP contribution in [0.3, 0.4) is 0 Å². The lowest BCUT2D eigenvalue weighted by Gasteiger charge is -2.31. The van der Waals surface area contributed by atoms with Crippen LogP contribution in [0.15, 0.2) is 215 Å². The highest BCUT2D eigenvalue weighted by molar-refractivity contribution is 6.33. The molecule has 8 aromatic carbocycles. The highest BCUT2D eigenvalue weighted by atomic mass is 16.3. The number of aryl methyl sites for hydroxylation is 2. The molecule has 4 nitrogen and oxygen atoms in total. The third kappa shape index (κ3) is 6.45. The summed E-state index contributed by atoms with van der Waals surface area (Å²) in [6, 6.07) is 59.2. The molecule has 308 valence electrons. The Labute approximate surface area is 373 Å². The predicted molar refractivity (Wildman–Crippen MR) is 269 cm³/mol. The van der Waals surface area contributed by atoms with E-state index in [4.69, 9.17) is 8.83 Å². The average molecular weight is 827 g/mol. The lowest BCUT2D eigenvalue weighted by atomic mass is 9.92. The first-order chi connectivity index (χ1) is 31.6. The van der Waals surface area contributed by atoms with E-state index in [1.54, 1.807) is 0 Å².